The van der Waals surface area contributed by atoms with Gasteiger partial charge in [0.2, 0.25) is 0 Å². The minimum atomic E-state index is -0.194. The minimum Gasteiger partial charge on any atom is -0.352 e. The summed E-state index contributed by atoms with van der Waals surface area (Å²) in [5.74, 6) is 0.664. The smallest absolute Gasteiger partial charge is 0.273 e. The van der Waals surface area contributed by atoms with Gasteiger partial charge in [-0.25, -0.2) is 9.67 Å². The molecule has 2 aromatic heterocycles. The van der Waals surface area contributed by atoms with Crippen LogP contribution in [0.3, 0.4) is 0 Å². The number of anilines is 1. The first-order valence-corrected chi connectivity index (χ1v) is 10.5. The summed E-state index contributed by atoms with van der Waals surface area (Å²) in [6, 6.07) is 12.0. The third kappa shape index (κ3) is 3.99. The van der Waals surface area contributed by atoms with Crippen LogP contribution in [0, 0.1) is 18.3 Å². The van der Waals surface area contributed by atoms with Crippen LogP contribution in [0.2, 0.25) is 0 Å². The molecule has 1 aromatic carbocycles. The first-order chi connectivity index (χ1) is 15.0. The van der Waals surface area contributed by atoms with Crippen molar-refractivity contribution < 1.29 is 4.79 Å². The molecule has 0 radical (unpaired) electrons. The van der Waals surface area contributed by atoms with Crippen LogP contribution in [-0.4, -0.2) is 38.5 Å². The summed E-state index contributed by atoms with van der Waals surface area (Å²) in [4.78, 5) is 19.2. The van der Waals surface area contributed by atoms with Gasteiger partial charge in [0, 0.05) is 25.3 Å². The largest absolute Gasteiger partial charge is 0.352 e. The average Bonchev–Trinajstić information content (AvgIpc) is 3.19. The molecule has 0 unspecified atom stereocenters. The fourth-order valence-electron chi connectivity index (χ4n) is 3.78. The monoisotopic (exact) mass is 415 g/mol. The Kier molecular flexibility index (Phi) is 5.67. The normalized spacial score (nSPS) is 13.9. The van der Waals surface area contributed by atoms with Crippen molar-refractivity contribution in [3.8, 4) is 11.8 Å². The van der Waals surface area contributed by atoms with E-state index in [1.165, 1.54) is 11.1 Å². The van der Waals surface area contributed by atoms with Gasteiger partial charge >= 0.3 is 0 Å². The van der Waals surface area contributed by atoms with Crippen molar-refractivity contribution >= 4 is 11.7 Å². The van der Waals surface area contributed by atoms with Gasteiger partial charge in [0.25, 0.3) is 5.91 Å². The van der Waals surface area contributed by atoms with Crippen LogP contribution in [0.5, 0.6) is 0 Å². The lowest BCUT2D eigenvalue weighted by Gasteiger charge is -2.31. The number of nitrogens with zero attached hydrogens (tertiary/aromatic N) is 6. The summed E-state index contributed by atoms with van der Waals surface area (Å²) >= 11 is 0. The number of carbonyl (C=O) groups excluding carboxylic acids is 1. The van der Waals surface area contributed by atoms with Crippen molar-refractivity contribution in [1.82, 2.24) is 25.3 Å². The molecule has 0 saturated carbocycles. The Bertz CT molecular complexity index is 1140. The SMILES string of the molecule is CC[C@H](C)NC(=O)c1nnn(-c2cccc3c2CCN(c2ccc(C#N)cn2)C3)c1C. The zero-order chi connectivity index (χ0) is 22.0. The van der Waals surface area contributed by atoms with Crippen LogP contribution in [0.1, 0.15) is 53.1 Å². The number of carbonyl (C=O) groups is 1. The van der Waals surface area contributed by atoms with Gasteiger partial charge in [0.15, 0.2) is 5.69 Å². The molecule has 1 atom stereocenters. The van der Waals surface area contributed by atoms with E-state index in [-0.39, 0.29) is 11.9 Å². The maximum atomic E-state index is 12.6. The number of nitriles is 1. The summed E-state index contributed by atoms with van der Waals surface area (Å²) in [6.45, 7) is 7.40. The second-order valence-electron chi connectivity index (χ2n) is 7.82. The van der Waals surface area contributed by atoms with E-state index in [0.29, 0.717) is 11.3 Å². The Labute approximate surface area is 181 Å². The lowest BCUT2D eigenvalue weighted by molar-refractivity contribution is 0.0933. The van der Waals surface area contributed by atoms with Gasteiger partial charge < -0.3 is 10.2 Å². The second-order valence-corrected chi connectivity index (χ2v) is 7.82. The molecule has 158 valence electrons. The number of hydrogen-bond donors (Lipinski definition) is 1. The fraction of sp³-hybridized carbons (Fsp3) is 0.348. The van der Waals surface area contributed by atoms with E-state index < -0.39 is 0 Å². The molecule has 8 heteroatoms. The second kappa shape index (κ2) is 8.56. The molecule has 0 saturated heterocycles. The minimum absolute atomic E-state index is 0.0864. The van der Waals surface area contributed by atoms with Crippen LogP contribution in [0.15, 0.2) is 36.5 Å². The number of pyridine rings is 1. The highest BCUT2D eigenvalue weighted by Gasteiger charge is 2.24. The maximum absolute atomic E-state index is 12.6. The molecule has 0 spiro atoms. The highest BCUT2D eigenvalue weighted by atomic mass is 16.2. The number of amides is 1. The third-order valence-electron chi connectivity index (χ3n) is 5.77. The van der Waals surface area contributed by atoms with E-state index in [4.69, 9.17) is 5.26 Å². The Morgan fingerprint density at radius 2 is 2.16 bits per heavy atom. The average molecular weight is 416 g/mol. The number of hydrogen-bond acceptors (Lipinski definition) is 6. The Balaban J connectivity index is 1.61. The molecular formula is C23H25N7O. The molecule has 31 heavy (non-hydrogen) atoms. The summed E-state index contributed by atoms with van der Waals surface area (Å²) < 4.78 is 1.76. The molecule has 8 nitrogen and oxygen atoms in total. The van der Waals surface area contributed by atoms with Gasteiger partial charge in [-0.2, -0.15) is 5.26 Å². The Morgan fingerprint density at radius 1 is 1.32 bits per heavy atom. The zero-order valence-corrected chi connectivity index (χ0v) is 18.0. The number of benzene rings is 1. The Morgan fingerprint density at radius 3 is 2.87 bits per heavy atom. The molecule has 0 bridgehead atoms. The predicted molar refractivity (Wildman–Crippen MR) is 117 cm³/mol. The van der Waals surface area contributed by atoms with Crippen molar-refractivity contribution in [1.29, 1.82) is 5.26 Å². The van der Waals surface area contributed by atoms with Gasteiger partial charge in [0.05, 0.1) is 16.9 Å². The van der Waals surface area contributed by atoms with Gasteiger partial charge in [-0.05, 0) is 56.0 Å². The predicted octanol–water partition coefficient (Wildman–Crippen LogP) is 2.93. The van der Waals surface area contributed by atoms with Crippen LogP contribution in [0.4, 0.5) is 5.82 Å². The van der Waals surface area contributed by atoms with Crippen molar-refractivity contribution in [3.63, 3.8) is 0 Å². The maximum Gasteiger partial charge on any atom is 0.273 e. The summed E-state index contributed by atoms with van der Waals surface area (Å²) in [7, 11) is 0. The van der Waals surface area contributed by atoms with E-state index in [9.17, 15) is 4.79 Å². The van der Waals surface area contributed by atoms with Crippen molar-refractivity contribution in [2.24, 2.45) is 0 Å². The third-order valence-corrected chi connectivity index (χ3v) is 5.77. The van der Waals surface area contributed by atoms with Gasteiger partial charge in [-0.3, -0.25) is 4.79 Å². The molecule has 4 rings (SSSR count). The number of fused-ring (bicyclic) bond motifs is 1. The summed E-state index contributed by atoms with van der Waals surface area (Å²) in [5.41, 5.74) is 4.99. The molecule has 1 amide bonds. The van der Waals surface area contributed by atoms with Crippen LogP contribution >= 0.6 is 0 Å². The van der Waals surface area contributed by atoms with Crippen molar-refractivity contribution in [2.45, 2.75) is 46.2 Å². The summed E-state index contributed by atoms with van der Waals surface area (Å²) in [5, 5.41) is 20.4. The topological polar surface area (TPSA) is 99.7 Å². The number of rotatable bonds is 5. The molecule has 0 aliphatic carbocycles. The lowest BCUT2D eigenvalue weighted by Crippen LogP contribution is -2.32. The van der Waals surface area contributed by atoms with E-state index >= 15 is 0 Å². The van der Waals surface area contributed by atoms with Crippen molar-refractivity contribution in [3.05, 3.63) is 64.6 Å². The van der Waals surface area contributed by atoms with E-state index in [1.54, 1.807) is 16.9 Å². The highest BCUT2D eigenvalue weighted by Crippen LogP contribution is 2.28. The number of aromatic nitrogens is 4. The van der Waals surface area contributed by atoms with E-state index in [1.807, 2.05) is 39.0 Å². The molecule has 3 heterocycles. The standard InChI is InChI=1S/C23H25N7O/c1-4-15(2)26-23(31)22-16(3)30(28-27-22)20-7-5-6-18-14-29(11-10-19(18)20)21-9-8-17(12-24)13-25-21/h5-9,13,15H,4,10-11,14H2,1-3H3,(H,26,31)/t15-/m0/s1. The molecule has 0 fully saturated rings. The highest BCUT2D eigenvalue weighted by molar-refractivity contribution is 5.93. The molecule has 1 N–H and O–H groups in total. The fourth-order valence-corrected chi connectivity index (χ4v) is 3.78. The molecule has 1 aliphatic rings. The van der Waals surface area contributed by atoms with Crippen LogP contribution < -0.4 is 10.2 Å². The molecule has 1 aliphatic heterocycles. The van der Waals surface area contributed by atoms with Crippen LogP contribution in [-0.2, 0) is 13.0 Å². The van der Waals surface area contributed by atoms with E-state index in [2.05, 4.69) is 37.6 Å². The Hall–Kier alpha value is -3.73. The van der Waals surface area contributed by atoms with Crippen LogP contribution in [0.25, 0.3) is 5.69 Å². The molecular weight excluding hydrogens is 390 g/mol. The first-order valence-electron chi connectivity index (χ1n) is 10.5. The van der Waals surface area contributed by atoms with Gasteiger partial charge in [0.1, 0.15) is 11.9 Å². The molecule has 3 aromatic rings. The quantitative estimate of drug-likeness (QED) is 0.688. The first kappa shape index (κ1) is 20.5. The summed E-state index contributed by atoms with van der Waals surface area (Å²) in [6.07, 6.45) is 3.28. The zero-order valence-electron chi connectivity index (χ0n) is 18.0. The lowest BCUT2D eigenvalue weighted by atomic mass is 9.97. The van der Waals surface area contributed by atoms with Gasteiger partial charge in [-0.15, -0.1) is 5.10 Å². The number of nitrogens with one attached hydrogen (secondary N) is 1. The van der Waals surface area contributed by atoms with Crippen molar-refractivity contribution in [2.75, 3.05) is 11.4 Å². The van der Waals surface area contributed by atoms with E-state index in [0.717, 1.165) is 43.1 Å². The van der Waals surface area contributed by atoms with Gasteiger partial charge in [-0.1, -0.05) is 24.3 Å².